The fourth-order valence-corrected chi connectivity index (χ4v) is 2.45. The largest absolute Gasteiger partial charge is 0.294 e. The van der Waals surface area contributed by atoms with Crippen LogP contribution in [0.15, 0.2) is 12.1 Å². The van der Waals surface area contributed by atoms with Gasteiger partial charge in [-0.1, -0.05) is 19.1 Å². The predicted molar refractivity (Wildman–Crippen MR) is 57.9 cm³/mol. The van der Waals surface area contributed by atoms with E-state index in [1.165, 1.54) is 11.1 Å². The molecule has 1 atom stereocenters. The minimum absolute atomic E-state index is 0.333. The quantitative estimate of drug-likeness (QED) is 0.610. The molecule has 1 aliphatic carbocycles. The molecular formula is C13H16O. The third-order valence-electron chi connectivity index (χ3n) is 3.25. The van der Waals surface area contributed by atoms with Crippen molar-refractivity contribution >= 4 is 5.78 Å². The van der Waals surface area contributed by atoms with Gasteiger partial charge in [0.25, 0.3) is 0 Å². The number of Topliss-reactive ketones (excluding diaryl/α,β-unsaturated/α-hetero) is 1. The van der Waals surface area contributed by atoms with Gasteiger partial charge < -0.3 is 0 Å². The first-order valence-corrected chi connectivity index (χ1v) is 5.24. The van der Waals surface area contributed by atoms with Gasteiger partial charge in [-0.3, -0.25) is 4.79 Å². The maximum Gasteiger partial charge on any atom is 0.163 e. The second-order valence-electron chi connectivity index (χ2n) is 4.35. The topological polar surface area (TPSA) is 17.1 Å². The lowest BCUT2D eigenvalue weighted by Gasteiger charge is -2.24. The molecule has 1 aliphatic rings. The molecule has 0 radical (unpaired) electrons. The van der Waals surface area contributed by atoms with Crippen molar-refractivity contribution in [3.8, 4) is 0 Å². The molecule has 14 heavy (non-hydrogen) atoms. The molecule has 0 N–H and O–H groups in total. The summed E-state index contributed by atoms with van der Waals surface area (Å²) in [6.07, 6.45) is 1.73. The van der Waals surface area contributed by atoms with Crippen molar-refractivity contribution in [2.24, 2.45) is 0 Å². The van der Waals surface area contributed by atoms with Crippen LogP contribution < -0.4 is 0 Å². The van der Waals surface area contributed by atoms with E-state index < -0.39 is 0 Å². The van der Waals surface area contributed by atoms with Gasteiger partial charge in [-0.2, -0.15) is 0 Å². The van der Waals surface area contributed by atoms with Crippen LogP contribution in [0.25, 0.3) is 0 Å². The van der Waals surface area contributed by atoms with Gasteiger partial charge in [-0.05, 0) is 42.9 Å². The zero-order chi connectivity index (χ0) is 10.3. The fraction of sp³-hybridized carbons (Fsp3) is 0.462. The second kappa shape index (κ2) is 3.23. The Kier molecular flexibility index (Phi) is 2.18. The van der Waals surface area contributed by atoms with Crippen molar-refractivity contribution < 1.29 is 4.79 Å². The molecule has 1 nitrogen and oxygen atoms in total. The summed E-state index contributed by atoms with van der Waals surface area (Å²) < 4.78 is 0. The number of rotatable bonds is 0. The third-order valence-corrected chi connectivity index (χ3v) is 3.25. The molecule has 1 unspecified atom stereocenters. The van der Waals surface area contributed by atoms with Gasteiger partial charge in [0, 0.05) is 12.0 Å². The molecule has 0 saturated heterocycles. The van der Waals surface area contributed by atoms with E-state index >= 15 is 0 Å². The van der Waals surface area contributed by atoms with E-state index in [1.54, 1.807) is 0 Å². The average Bonchev–Trinajstić information content (AvgIpc) is 2.16. The van der Waals surface area contributed by atoms with Crippen LogP contribution in [0.3, 0.4) is 0 Å². The minimum atomic E-state index is 0.333. The Hall–Kier alpha value is -1.11. The van der Waals surface area contributed by atoms with E-state index in [2.05, 4.69) is 26.0 Å². The highest BCUT2D eigenvalue weighted by Gasteiger charge is 2.25. The number of carbonyl (C=O) groups excluding carboxylic acids is 1. The van der Waals surface area contributed by atoms with Gasteiger partial charge in [0.1, 0.15) is 0 Å². The molecule has 0 fully saturated rings. The summed E-state index contributed by atoms with van der Waals surface area (Å²) in [4.78, 5) is 11.8. The number of ketones is 1. The lowest BCUT2D eigenvalue weighted by atomic mass is 9.79. The monoisotopic (exact) mass is 188 g/mol. The molecule has 0 aliphatic heterocycles. The van der Waals surface area contributed by atoms with E-state index in [4.69, 9.17) is 0 Å². The van der Waals surface area contributed by atoms with Crippen molar-refractivity contribution in [2.75, 3.05) is 0 Å². The summed E-state index contributed by atoms with van der Waals surface area (Å²) in [6.45, 7) is 6.36. The molecule has 0 aromatic heterocycles. The molecule has 0 heterocycles. The molecule has 1 heteroatoms. The van der Waals surface area contributed by atoms with Crippen LogP contribution in [0, 0.1) is 13.8 Å². The number of benzene rings is 1. The zero-order valence-corrected chi connectivity index (χ0v) is 9.05. The van der Waals surface area contributed by atoms with E-state index in [0.29, 0.717) is 11.7 Å². The molecular weight excluding hydrogens is 172 g/mol. The van der Waals surface area contributed by atoms with Crippen LogP contribution in [0.4, 0.5) is 0 Å². The minimum Gasteiger partial charge on any atom is -0.294 e. The lowest BCUT2D eigenvalue weighted by Crippen LogP contribution is -2.16. The maximum absolute atomic E-state index is 11.8. The van der Waals surface area contributed by atoms with Crippen molar-refractivity contribution in [2.45, 2.75) is 39.5 Å². The first kappa shape index (κ1) is 9.45. The average molecular weight is 188 g/mol. The van der Waals surface area contributed by atoms with E-state index in [1.807, 2.05) is 6.92 Å². The van der Waals surface area contributed by atoms with Gasteiger partial charge in [-0.25, -0.2) is 0 Å². The summed E-state index contributed by atoms with van der Waals surface area (Å²) >= 11 is 0. The van der Waals surface area contributed by atoms with Crippen molar-refractivity contribution in [1.82, 2.24) is 0 Å². The number of hydrogen-bond acceptors (Lipinski definition) is 1. The Labute approximate surface area is 85.1 Å². The SMILES string of the molecule is Cc1ccc(C)c2c1C(=O)CCC2C. The highest BCUT2D eigenvalue weighted by molar-refractivity contribution is 6.00. The zero-order valence-electron chi connectivity index (χ0n) is 9.05. The number of carbonyl (C=O) groups is 1. The molecule has 2 rings (SSSR count). The molecule has 0 amide bonds. The highest BCUT2D eigenvalue weighted by Crippen LogP contribution is 2.34. The van der Waals surface area contributed by atoms with Gasteiger partial charge >= 0.3 is 0 Å². The number of hydrogen-bond donors (Lipinski definition) is 0. The molecule has 1 aromatic carbocycles. The van der Waals surface area contributed by atoms with Crippen LogP contribution in [-0.2, 0) is 0 Å². The number of aryl methyl sites for hydroxylation is 2. The maximum atomic E-state index is 11.8. The van der Waals surface area contributed by atoms with Crippen LogP contribution in [0.2, 0.25) is 0 Å². The Morgan fingerprint density at radius 2 is 1.86 bits per heavy atom. The summed E-state index contributed by atoms with van der Waals surface area (Å²) in [5, 5.41) is 0. The highest BCUT2D eigenvalue weighted by atomic mass is 16.1. The van der Waals surface area contributed by atoms with Crippen molar-refractivity contribution in [1.29, 1.82) is 0 Å². The van der Waals surface area contributed by atoms with Crippen LogP contribution in [-0.4, -0.2) is 5.78 Å². The van der Waals surface area contributed by atoms with E-state index in [0.717, 1.165) is 24.0 Å². The van der Waals surface area contributed by atoms with Gasteiger partial charge in [-0.15, -0.1) is 0 Å². The van der Waals surface area contributed by atoms with Gasteiger partial charge in [0.2, 0.25) is 0 Å². The van der Waals surface area contributed by atoms with Crippen LogP contribution in [0.5, 0.6) is 0 Å². The normalized spacial score (nSPS) is 20.8. The first-order valence-electron chi connectivity index (χ1n) is 5.24. The van der Waals surface area contributed by atoms with Crippen LogP contribution >= 0.6 is 0 Å². The third kappa shape index (κ3) is 1.28. The summed E-state index contributed by atoms with van der Waals surface area (Å²) in [6, 6.07) is 4.19. The van der Waals surface area contributed by atoms with Gasteiger partial charge in [0.05, 0.1) is 0 Å². The Bertz CT molecular complexity index is 390. The summed E-state index contributed by atoms with van der Waals surface area (Å²) in [7, 11) is 0. The molecule has 0 bridgehead atoms. The van der Waals surface area contributed by atoms with Crippen molar-refractivity contribution in [3.63, 3.8) is 0 Å². The molecule has 0 spiro atoms. The molecule has 74 valence electrons. The summed E-state index contributed by atoms with van der Waals surface area (Å²) in [5.41, 5.74) is 4.71. The summed E-state index contributed by atoms with van der Waals surface area (Å²) in [5.74, 6) is 0.877. The van der Waals surface area contributed by atoms with Crippen molar-refractivity contribution in [3.05, 3.63) is 34.4 Å². The first-order chi connectivity index (χ1) is 6.61. The van der Waals surface area contributed by atoms with Gasteiger partial charge in [0.15, 0.2) is 5.78 Å². The Balaban J connectivity index is 2.71. The lowest BCUT2D eigenvalue weighted by molar-refractivity contribution is 0.0967. The number of fused-ring (bicyclic) bond motifs is 1. The predicted octanol–water partition coefficient (Wildman–Crippen LogP) is 3.38. The Morgan fingerprint density at radius 3 is 2.50 bits per heavy atom. The second-order valence-corrected chi connectivity index (χ2v) is 4.35. The van der Waals surface area contributed by atoms with Crippen LogP contribution in [0.1, 0.15) is 52.7 Å². The van der Waals surface area contributed by atoms with E-state index in [9.17, 15) is 4.79 Å². The van der Waals surface area contributed by atoms with E-state index in [-0.39, 0.29) is 0 Å². The molecule has 0 saturated carbocycles. The standard InChI is InChI=1S/C13H16O/c1-8-4-5-10(3)13-11(14)7-6-9(2)12(8)13/h4-5,9H,6-7H2,1-3H3. The smallest absolute Gasteiger partial charge is 0.163 e. The molecule has 1 aromatic rings. The Morgan fingerprint density at radius 1 is 1.21 bits per heavy atom. The fourth-order valence-electron chi connectivity index (χ4n) is 2.45.